The molecule has 106 valence electrons. The molecule has 1 aromatic carbocycles. The zero-order valence-electron chi connectivity index (χ0n) is 10.3. The van der Waals surface area contributed by atoms with Crippen LogP contribution in [-0.2, 0) is 0 Å². The van der Waals surface area contributed by atoms with E-state index in [1.165, 1.54) is 18.5 Å². The Balaban J connectivity index is 2.12. The smallest absolute Gasteiger partial charge is 0.166 e. The summed E-state index contributed by atoms with van der Waals surface area (Å²) in [5, 5.41) is 2.86. The summed E-state index contributed by atoms with van der Waals surface area (Å²) in [7, 11) is 0. The number of hydrogen-bond acceptors (Lipinski definition) is 4. The van der Waals surface area contributed by atoms with E-state index in [0.717, 1.165) is 0 Å². The molecule has 3 rings (SSSR count). The first kappa shape index (κ1) is 14.2. The number of fused-ring (bicyclic) bond motifs is 1. The molecule has 2 aromatic heterocycles. The molecular weight excluding hydrogens is 334 g/mol. The minimum absolute atomic E-state index is 0.145. The number of nitrogens with zero attached hydrogens (tertiary/aromatic N) is 2. The van der Waals surface area contributed by atoms with Crippen molar-refractivity contribution in [2.24, 2.45) is 0 Å². The van der Waals surface area contributed by atoms with Crippen LogP contribution in [0.3, 0.4) is 0 Å². The standard InChI is InChI=1S/C13H7Cl2FN4S/c14-6-1-2-7(11(16)10(6)15)19-13-12-8(17-5-18-13)3-4-9(21)20-12/h1-5H,(H,20,21)(H,17,18,19). The lowest BCUT2D eigenvalue weighted by atomic mass is 10.3. The zero-order valence-corrected chi connectivity index (χ0v) is 12.7. The lowest BCUT2D eigenvalue weighted by Gasteiger charge is -2.10. The third-order valence-corrected chi connectivity index (χ3v) is 3.82. The van der Waals surface area contributed by atoms with Crippen molar-refractivity contribution in [1.82, 2.24) is 15.0 Å². The monoisotopic (exact) mass is 340 g/mol. The van der Waals surface area contributed by atoms with Crippen molar-refractivity contribution in [2.45, 2.75) is 0 Å². The molecule has 0 aliphatic carbocycles. The first-order valence-electron chi connectivity index (χ1n) is 5.81. The maximum atomic E-state index is 14.1. The summed E-state index contributed by atoms with van der Waals surface area (Å²) in [5.74, 6) is -0.255. The topological polar surface area (TPSA) is 53.6 Å². The Kier molecular flexibility index (Phi) is 3.75. The molecule has 2 N–H and O–H groups in total. The number of pyridine rings is 1. The molecule has 0 unspecified atom stereocenters. The van der Waals surface area contributed by atoms with Gasteiger partial charge in [-0.1, -0.05) is 35.4 Å². The Morgan fingerprint density at radius 3 is 2.76 bits per heavy atom. The van der Waals surface area contributed by atoms with Crippen LogP contribution < -0.4 is 5.32 Å². The SMILES string of the molecule is Fc1c(Nc2ncnc3ccc(=S)[nH]c23)ccc(Cl)c1Cl. The van der Waals surface area contributed by atoms with Crippen LogP contribution in [0.2, 0.25) is 10.0 Å². The molecule has 0 amide bonds. The van der Waals surface area contributed by atoms with Crippen LogP contribution in [0.4, 0.5) is 15.9 Å². The molecule has 3 aromatic rings. The van der Waals surface area contributed by atoms with Gasteiger partial charge in [-0.2, -0.15) is 0 Å². The zero-order chi connectivity index (χ0) is 15.0. The molecule has 0 bridgehead atoms. The highest BCUT2D eigenvalue weighted by Crippen LogP contribution is 2.32. The Hall–Kier alpha value is -1.76. The van der Waals surface area contributed by atoms with Crippen LogP contribution in [0.5, 0.6) is 0 Å². The Labute approximate surface area is 134 Å². The Morgan fingerprint density at radius 2 is 1.95 bits per heavy atom. The number of H-pyrrole nitrogens is 1. The minimum atomic E-state index is -0.648. The number of aromatic nitrogens is 3. The van der Waals surface area contributed by atoms with Crippen LogP contribution in [-0.4, -0.2) is 15.0 Å². The molecule has 0 fully saturated rings. The fraction of sp³-hybridized carbons (Fsp3) is 0. The summed E-state index contributed by atoms with van der Waals surface area (Å²) < 4.78 is 14.6. The summed E-state index contributed by atoms with van der Waals surface area (Å²) in [6, 6.07) is 6.45. The fourth-order valence-electron chi connectivity index (χ4n) is 1.81. The van der Waals surface area contributed by atoms with Crippen LogP contribution >= 0.6 is 35.4 Å². The number of anilines is 2. The largest absolute Gasteiger partial charge is 0.342 e. The lowest BCUT2D eigenvalue weighted by molar-refractivity contribution is 0.632. The Morgan fingerprint density at radius 1 is 1.14 bits per heavy atom. The van der Waals surface area contributed by atoms with E-state index < -0.39 is 5.82 Å². The summed E-state index contributed by atoms with van der Waals surface area (Å²) in [4.78, 5) is 11.2. The maximum Gasteiger partial charge on any atom is 0.166 e. The van der Waals surface area contributed by atoms with Crippen molar-refractivity contribution in [3.63, 3.8) is 0 Å². The van der Waals surface area contributed by atoms with Gasteiger partial charge in [0.05, 0.1) is 21.2 Å². The van der Waals surface area contributed by atoms with E-state index in [1.807, 2.05) is 0 Å². The third kappa shape index (κ3) is 2.70. The second kappa shape index (κ2) is 5.55. The number of aromatic amines is 1. The summed E-state index contributed by atoms with van der Waals surface area (Å²) in [5.41, 5.74) is 1.39. The predicted molar refractivity (Wildman–Crippen MR) is 84.4 cm³/mol. The summed E-state index contributed by atoms with van der Waals surface area (Å²) in [6.07, 6.45) is 1.37. The van der Waals surface area contributed by atoms with Crippen molar-refractivity contribution in [2.75, 3.05) is 5.32 Å². The first-order valence-corrected chi connectivity index (χ1v) is 6.97. The van der Waals surface area contributed by atoms with Gasteiger partial charge in [0.25, 0.3) is 0 Å². The van der Waals surface area contributed by atoms with E-state index in [4.69, 9.17) is 35.4 Å². The van der Waals surface area contributed by atoms with E-state index >= 15 is 0 Å². The molecule has 0 spiro atoms. The first-order chi connectivity index (χ1) is 10.1. The number of nitrogens with one attached hydrogen (secondary N) is 2. The molecule has 2 heterocycles. The number of hydrogen-bond donors (Lipinski definition) is 2. The molecule has 0 aliphatic heterocycles. The number of halogens is 3. The lowest BCUT2D eigenvalue weighted by Crippen LogP contribution is -2.00. The molecule has 21 heavy (non-hydrogen) atoms. The van der Waals surface area contributed by atoms with Gasteiger partial charge in [-0.15, -0.1) is 0 Å². The second-order valence-electron chi connectivity index (χ2n) is 4.15. The van der Waals surface area contributed by atoms with E-state index in [2.05, 4.69) is 20.3 Å². The summed E-state index contributed by atoms with van der Waals surface area (Å²) in [6.45, 7) is 0. The van der Waals surface area contributed by atoms with Gasteiger partial charge in [0.15, 0.2) is 11.6 Å². The van der Waals surface area contributed by atoms with E-state index in [0.29, 0.717) is 21.5 Å². The third-order valence-electron chi connectivity index (χ3n) is 2.81. The highest BCUT2D eigenvalue weighted by molar-refractivity contribution is 7.71. The van der Waals surface area contributed by atoms with Gasteiger partial charge in [-0.05, 0) is 24.3 Å². The predicted octanol–water partition coefficient (Wildman–Crippen LogP) is 4.88. The molecular formula is C13H7Cl2FN4S. The van der Waals surface area contributed by atoms with Crippen molar-refractivity contribution >= 4 is 58.0 Å². The Bertz CT molecular complexity index is 897. The van der Waals surface area contributed by atoms with Crippen LogP contribution in [0, 0.1) is 10.5 Å². The van der Waals surface area contributed by atoms with Gasteiger partial charge >= 0.3 is 0 Å². The van der Waals surface area contributed by atoms with Crippen LogP contribution in [0.1, 0.15) is 0 Å². The molecule has 0 saturated carbocycles. The second-order valence-corrected chi connectivity index (χ2v) is 5.38. The number of benzene rings is 1. The maximum absolute atomic E-state index is 14.1. The van der Waals surface area contributed by atoms with Crippen molar-refractivity contribution in [3.8, 4) is 0 Å². The summed E-state index contributed by atoms with van der Waals surface area (Å²) >= 11 is 16.6. The molecule has 0 atom stereocenters. The average molecular weight is 341 g/mol. The van der Waals surface area contributed by atoms with Gasteiger partial charge in [-0.3, -0.25) is 0 Å². The molecule has 8 heteroatoms. The van der Waals surface area contributed by atoms with E-state index in [9.17, 15) is 4.39 Å². The van der Waals surface area contributed by atoms with E-state index in [1.54, 1.807) is 12.1 Å². The molecule has 4 nitrogen and oxygen atoms in total. The number of rotatable bonds is 2. The molecule has 0 radical (unpaired) electrons. The fourth-order valence-corrected chi connectivity index (χ4v) is 2.29. The quantitative estimate of drug-likeness (QED) is 0.515. The van der Waals surface area contributed by atoms with Crippen LogP contribution in [0.25, 0.3) is 11.0 Å². The highest BCUT2D eigenvalue weighted by atomic mass is 35.5. The van der Waals surface area contributed by atoms with Crippen molar-refractivity contribution in [3.05, 3.63) is 51.1 Å². The van der Waals surface area contributed by atoms with Gasteiger partial charge < -0.3 is 10.3 Å². The van der Waals surface area contributed by atoms with Gasteiger partial charge in [-0.25, -0.2) is 14.4 Å². The molecule has 0 aliphatic rings. The van der Waals surface area contributed by atoms with Gasteiger partial charge in [0.2, 0.25) is 0 Å². The minimum Gasteiger partial charge on any atom is -0.342 e. The molecule has 0 saturated heterocycles. The van der Waals surface area contributed by atoms with Gasteiger partial charge in [0, 0.05) is 0 Å². The van der Waals surface area contributed by atoms with Crippen molar-refractivity contribution < 1.29 is 4.39 Å². The van der Waals surface area contributed by atoms with Crippen molar-refractivity contribution in [1.29, 1.82) is 0 Å². The van der Waals surface area contributed by atoms with E-state index in [-0.39, 0.29) is 15.7 Å². The van der Waals surface area contributed by atoms with Crippen LogP contribution in [0.15, 0.2) is 30.6 Å². The highest BCUT2D eigenvalue weighted by Gasteiger charge is 2.12. The normalized spacial score (nSPS) is 10.8. The average Bonchev–Trinajstić information content (AvgIpc) is 2.48. The van der Waals surface area contributed by atoms with Gasteiger partial charge in [0.1, 0.15) is 16.5 Å².